The lowest BCUT2D eigenvalue weighted by Gasteiger charge is -2.07. The number of amides is 1. The molecule has 0 radical (unpaired) electrons. The van der Waals surface area contributed by atoms with Crippen LogP contribution in [-0.4, -0.2) is 19.0 Å². The van der Waals surface area contributed by atoms with Crippen molar-refractivity contribution in [3.8, 4) is 0 Å². The summed E-state index contributed by atoms with van der Waals surface area (Å²) >= 11 is 5.82. The minimum atomic E-state index is -0.273. The van der Waals surface area contributed by atoms with Gasteiger partial charge in [0.2, 0.25) is 5.91 Å². The lowest BCUT2D eigenvalue weighted by Crippen LogP contribution is -2.27. The van der Waals surface area contributed by atoms with Crippen molar-refractivity contribution in [3.05, 3.63) is 64.9 Å². The van der Waals surface area contributed by atoms with E-state index in [4.69, 9.17) is 11.6 Å². The van der Waals surface area contributed by atoms with E-state index in [1.165, 1.54) is 12.1 Å². The van der Waals surface area contributed by atoms with Crippen LogP contribution in [0.3, 0.4) is 0 Å². The molecule has 0 heterocycles. The van der Waals surface area contributed by atoms with E-state index in [2.05, 4.69) is 10.6 Å². The van der Waals surface area contributed by atoms with Gasteiger partial charge in [-0.1, -0.05) is 23.7 Å². The van der Waals surface area contributed by atoms with E-state index in [9.17, 15) is 9.18 Å². The highest BCUT2D eigenvalue weighted by Crippen LogP contribution is 2.10. The zero-order chi connectivity index (χ0) is 15.8. The van der Waals surface area contributed by atoms with Gasteiger partial charge in [0.05, 0.1) is 0 Å². The monoisotopic (exact) mass is 320 g/mol. The van der Waals surface area contributed by atoms with Gasteiger partial charge in [-0.3, -0.25) is 4.79 Å². The van der Waals surface area contributed by atoms with Crippen LogP contribution in [0.5, 0.6) is 0 Å². The number of carbonyl (C=O) groups excluding carboxylic acids is 1. The molecule has 116 valence electrons. The highest BCUT2D eigenvalue weighted by atomic mass is 35.5. The first-order chi connectivity index (χ1) is 10.6. The minimum Gasteiger partial charge on any atom is -0.385 e. The molecule has 0 aliphatic rings. The third kappa shape index (κ3) is 5.74. The van der Waals surface area contributed by atoms with Crippen LogP contribution in [0.15, 0.2) is 48.5 Å². The first-order valence-corrected chi connectivity index (χ1v) is 7.52. The van der Waals surface area contributed by atoms with Crippen LogP contribution in [-0.2, 0) is 11.2 Å². The number of rotatable bonds is 7. The highest BCUT2D eigenvalue weighted by Gasteiger charge is 2.01. The predicted octanol–water partition coefficient (Wildman–Crippen LogP) is 3.64. The van der Waals surface area contributed by atoms with E-state index in [0.717, 1.165) is 17.7 Å². The molecule has 2 aromatic carbocycles. The summed E-state index contributed by atoms with van der Waals surface area (Å²) in [5, 5.41) is 6.65. The molecule has 3 nitrogen and oxygen atoms in total. The Morgan fingerprint density at radius 1 is 1.00 bits per heavy atom. The van der Waals surface area contributed by atoms with Crippen LogP contribution in [0.1, 0.15) is 12.0 Å². The van der Waals surface area contributed by atoms with Gasteiger partial charge >= 0.3 is 0 Å². The van der Waals surface area contributed by atoms with Crippen molar-refractivity contribution in [2.75, 3.05) is 18.4 Å². The second-order valence-electron chi connectivity index (χ2n) is 4.91. The third-order valence-electron chi connectivity index (χ3n) is 3.17. The van der Waals surface area contributed by atoms with Crippen LogP contribution in [0.25, 0.3) is 0 Å². The maximum absolute atomic E-state index is 12.7. The van der Waals surface area contributed by atoms with Gasteiger partial charge in [-0.25, -0.2) is 4.39 Å². The summed E-state index contributed by atoms with van der Waals surface area (Å²) in [5.41, 5.74) is 1.93. The molecular formula is C17H18ClFN2O. The van der Waals surface area contributed by atoms with Gasteiger partial charge in [0.15, 0.2) is 0 Å². The molecule has 0 aliphatic heterocycles. The Labute approximate surface area is 134 Å². The fraction of sp³-hybridized carbons (Fsp3) is 0.235. The van der Waals surface area contributed by atoms with E-state index in [1.807, 2.05) is 24.3 Å². The molecule has 0 aromatic heterocycles. The van der Waals surface area contributed by atoms with Crippen LogP contribution in [0.4, 0.5) is 10.1 Å². The molecule has 0 saturated carbocycles. The number of carbonyl (C=O) groups is 1. The molecule has 0 spiro atoms. The summed E-state index contributed by atoms with van der Waals surface area (Å²) in [6.45, 7) is 1.11. The van der Waals surface area contributed by atoms with E-state index < -0.39 is 0 Å². The van der Waals surface area contributed by atoms with Crippen LogP contribution in [0, 0.1) is 5.82 Å². The number of benzene rings is 2. The van der Waals surface area contributed by atoms with Gasteiger partial charge in [0.1, 0.15) is 5.82 Å². The van der Waals surface area contributed by atoms with Crippen molar-refractivity contribution in [2.45, 2.75) is 12.8 Å². The van der Waals surface area contributed by atoms with Crippen molar-refractivity contribution in [2.24, 2.45) is 0 Å². The molecule has 0 fully saturated rings. The summed E-state index contributed by atoms with van der Waals surface area (Å²) < 4.78 is 12.7. The van der Waals surface area contributed by atoms with E-state index in [0.29, 0.717) is 24.5 Å². The van der Waals surface area contributed by atoms with Gasteiger partial charge in [-0.05, 0) is 48.4 Å². The van der Waals surface area contributed by atoms with Crippen molar-refractivity contribution in [1.82, 2.24) is 5.32 Å². The van der Waals surface area contributed by atoms with E-state index >= 15 is 0 Å². The second kappa shape index (κ2) is 8.39. The standard InChI is InChI=1S/C17H18ClFN2O/c18-14-3-1-13(2-4-14)9-11-21-17(22)10-12-20-16-7-5-15(19)6-8-16/h1-8,20H,9-12H2,(H,21,22). The highest BCUT2D eigenvalue weighted by molar-refractivity contribution is 6.30. The third-order valence-corrected chi connectivity index (χ3v) is 3.43. The van der Waals surface area contributed by atoms with Crippen LogP contribution in [0.2, 0.25) is 5.02 Å². The predicted molar refractivity (Wildman–Crippen MR) is 87.7 cm³/mol. The summed E-state index contributed by atoms with van der Waals surface area (Å²) in [6, 6.07) is 13.6. The Morgan fingerprint density at radius 3 is 2.36 bits per heavy atom. The van der Waals surface area contributed by atoms with E-state index in [1.54, 1.807) is 12.1 Å². The van der Waals surface area contributed by atoms with Crippen LogP contribution >= 0.6 is 11.6 Å². The quantitative estimate of drug-likeness (QED) is 0.817. The number of hydrogen-bond donors (Lipinski definition) is 2. The Kier molecular flexibility index (Phi) is 6.22. The van der Waals surface area contributed by atoms with Crippen molar-refractivity contribution < 1.29 is 9.18 Å². The molecule has 2 N–H and O–H groups in total. The fourth-order valence-electron chi connectivity index (χ4n) is 1.97. The van der Waals surface area contributed by atoms with E-state index in [-0.39, 0.29) is 11.7 Å². The Hall–Kier alpha value is -2.07. The molecule has 0 aliphatic carbocycles. The average molecular weight is 321 g/mol. The van der Waals surface area contributed by atoms with Crippen LogP contribution < -0.4 is 10.6 Å². The van der Waals surface area contributed by atoms with Gasteiger partial charge in [-0.2, -0.15) is 0 Å². The van der Waals surface area contributed by atoms with Gasteiger partial charge in [0.25, 0.3) is 0 Å². The summed E-state index contributed by atoms with van der Waals surface area (Å²) in [6.07, 6.45) is 1.15. The number of hydrogen-bond acceptors (Lipinski definition) is 2. The molecule has 2 rings (SSSR count). The lowest BCUT2D eigenvalue weighted by molar-refractivity contribution is -0.120. The molecule has 22 heavy (non-hydrogen) atoms. The molecular weight excluding hydrogens is 303 g/mol. The number of nitrogens with one attached hydrogen (secondary N) is 2. The first kappa shape index (κ1) is 16.3. The van der Waals surface area contributed by atoms with Crippen molar-refractivity contribution >= 4 is 23.2 Å². The summed E-state index contributed by atoms with van der Waals surface area (Å²) in [7, 11) is 0. The topological polar surface area (TPSA) is 41.1 Å². The Morgan fingerprint density at radius 2 is 1.68 bits per heavy atom. The largest absolute Gasteiger partial charge is 0.385 e. The molecule has 1 amide bonds. The van der Waals surface area contributed by atoms with Gasteiger partial charge in [-0.15, -0.1) is 0 Å². The first-order valence-electron chi connectivity index (χ1n) is 7.14. The summed E-state index contributed by atoms with van der Waals surface area (Å²) in [4.78, 5) is 11.7. The van der Waals surface area contributed by atoms with Crippen molar-refractivity contribution in [1.29, 1.82) is 0 Å². The fourth-order valence-corrected chi connectivity index (χ4v) is 2.10. The number of anilines is 1. The molecule has 0 saturated heterocycles. The van der Waals surface area contributed by atoms with Gasteiger partial charge < -0.3 is 10.6 Å². The zero-order valence-electron chi connectivity index (χ0n) is 12.1. The lowest BCUT2D eigenvalue weighted by atomic mass is 10.1. The Balaban J connectivity index is 1.61. The van der Waals surface area contributed by atoms with Crippen molar-refractivity contribution in [3.63, 3.8) is 0 Å². The Bertz CT molecular complexity index is 546. The smallest absolute Gasteiger partial charge is 0.221 e. The SMILES string of the molecule is O=C(CCNc1ccc(F)cc1)NCCc1ccc(Cl)cc1. The molecule has 0 bridgehead atoms. The summed E-state index contributed by atoms with van der Waals surface area (Å²) in [5.74, 6) is -0.283. The molecule has 5 heteroatoms. The molecule has 2 aromatic rings. The average Bonchev–Trinajstić information content (AvgIpc) is 2.51. The maximum Gasteiger partial charge on any atom is 0.221 e. The zero-order valence-corrected chi connectivity index (χ0v) is 12.9. The number of halogens is 2. The minimum absolute atomic E-state index is 0.0106. The molecule has 0 atom stereocenters. The molecule has 0 unspecified atom stereocenters. The van der Waals surface area contributed by atoms with Gasteiger partial charge in [0, 0.05) is 30.2 Å². The maximum atomic E-state index is 12.7. The normalized spacial score (nSPS) is 10.3. The second-order valence-corrected chi connectivity index (χ2v) is 5.35.